The summed E-state index contributed by atoms with van der Waals surface area (Å²) in [7, 11) is 0. The van der Waals surface area contributed by atoms with Crippen LogP contribution in [-0.2, 0) is 0 Å². The Balaban J connectivity index is 1.61. The van der Waals surface area contributed by atoms with E-state index >= 15 is 0 Å². The van der Waals surface area contributed by atoms with Gasteiger partial charge in [0.2, 0.25) is 0 Å². The van der Waals surface area contributed by atoms with E-state index in [1.54, 1.807) is 24.4 Å². The predicted octanol–water partition coefficient (Wildman–Crippen LogP) is 6.35. The molecule has 8 heteroatoms. The van der Waals surface area contributed by atoms with E-state index in [4.69, 9.17) is 34.8 Å². The van der Waals surface area contributed by atoms with Crippen molar-refractivity contribution in [3.63, 3.8) is 0 Å². The molecule has 144 valence electrons. The maximum atomic E-state index is 12.5. The van der Waals surface area contributed by atoms with Gasteiger partial charge in [0.1, 0.15) is 16.1 Å². The van der Waals surface area contributed by atoms with Gasteiger partial charge in [0.15, 0.2) is 0 Å². The lowest BCUT2D eigenvalue weighted by atomic mass is 10.1. The molecule has 0 unspecified atom stereocenters. The predicted molar refractivity (Wildman–Crippen MR) is 117 cm³/mol. The number of imidazole rings is 1. The lowest BCUT2D eigenvalue weighted by molar-refractivity contribution is 0.102. The third-order valence-corrected chi connectivity index (χ3v) is 5.03. The van der Waals surface area contributed by atoms with Gasteiger partial charge in [0.05, 0.1) is 22.5 Å². The second-order valence-electron chi connectivity index (χ2n) is 6.13. The zero-order valence-electron chi connectivity index (χ0n) is 14.8. The minimum atomic E-state index is -0.406. The third kappa shape index (κ3) is 4.27. The monoisotopic (exact) mass is 442 g/mol. The van der Waals surface area contributed by atoms with Gasteiger partial charge in [-0.1, -0.05) is 65.1 Å². The van der Waals surface area contributed by atoms with Crippen LogP contribution < -0.4 is 5.32 Å². The van der Waals surface area contributed by atoms with E-state index in [0.717, 1.165) is 11.3 Å². The van der Waals surface area contributed by atoms with E-state index in [-0.39, 0.29) is 15.9 Å². The number of hydrogen-bond donors (Lipinski definition) is 2. The Kier molecular flexibility index (Phi) is 5.53. The fraction of sp³-hybridized carbons (Fsp3) is 0. The number of hydrogen-bond acceptors (Lipinski definition) is 3. The molecule has 2 N–H and O–H groups in total. The van der Waals surface area contributed by atoms with Crippen LogP contribution in [0, 0.1) is 0 Å². The highest BCUT2D eigenvalue weighted by Crippen LogP contribution is 2.31. The summed E-state index contributed by atoms with van der Waals surface area (Å²) >= 11 is 18.2. The van der Waals surface area contributed by atoms with E-state index < -0.39 is 5.91 Å². The molecule has 4 aromatic rings. The molecule has 0 atom stereocenters. The van der Waals surface area contributed by atoms with Crippen LogP contribution in [0.1, 0.15) is 10.4 Å². The van der Waals surface area contributed by atoms with Crippen molar-refractivity contribution in [3.05, 3.63) is 87.8 Å². The maximum Gasteiger partial charge on any atom is 0.258 e. The van der Waals surface area contributed by atoms with Gasteiger partial charge in [0.25, 0.3) is 5.91 Å². The van der Waals surface area contributed by atoms with Crippen molar-refractivity contribution >= 4 is 46.4 Å². The number of aromatic nitrogens is 3. The molecule has 0 aliphatic heterocycles. The molecular formula is C21H13Cl3N4O. The van der Waals surface area contributed by atoms with Crippen molar-refractivity contribution in [3.8, 4) is 22.6 Å². The SMILES string of the molecule is O=C(Nc1ccc(Cl)c(-c2ncc(-c3ccccc3)[nH]2)c1)c1ccc(Cl)nc1Cl. The number of pyridine rings is 1. The number of carbonyl (C=O) groups excluding carboxylic acids is 1. The van der Waals surface area contributed by atoms with Gasteiger partial charge >= 0.3 is 0 Å². The van der Waals surface area contributed by atoms with Gasteiger partial charge in [-0.2, -0.15) is 0 Å². The molecule has 4 rings (SSSR count). The number of anilines is 1. The van der Waals surface area contributed by atoms with E-state index in [9.17, 15) is 4.79 Å². The molecule has 0 radical (unpaired) electrons. The van der Waals surface area contributed by atoms with Crippen LogP contribution in [0.2, 0.25) is 15.3 Å². The highest BCUT2D eigenvalue weighted by atomic mass is 35.5. The Labute approximate surface area is 181 Å². The van der Waals surface area contributed by atoms with Crippen LogP contribution in [-0.4, -0.2) is 20.9 Å². The van der Waals surface area contributed by atoms with Gasteiger partial charge in [-0.25, -0.2) is 9.97 Å². The summed E-state index contributed by atoms with van der Waals surface area (Å²) in [4.78, 5) is 24.1. The molecule has 0 saturated heterocycles. The van der Waals surface area contributed by atoms with Gasteiger partial charge in [0, 0.05) is 11.3 Å². The summed E-state index contributed by atoms with van der Waals surface area (Å²) in [5.41, 5.74) is 3.30. The lowest BCUT2D eigenvalue weighted by Gasteiger charge is -2.09. The summed E-state index contributed by atoms with van der Waals surface area (Å²) < 4.78 is 0. The largest absolute Gasteiger partial charge is 0.338 e. The molecule has 5 nitrogen and oxygen atoms in total. The number of halogens is 3. The summed E-state index contributed by atoms with van der Waals surface area (Å²) in [6.45, 7) is 0. The zero-order valence-corrected chi connectivity index (χ0v) is 17.1. The van der Waals surface area contributed by atoms with Crippen molar-refractivity contribution in [2.24, 2.45) is 0 Å². The molecule has 2 heterocycles. The van der Waals surface area contributed by atoms with Crippen LogP contribution in [0.5, 0.6) is 0 Å². The average molecular weight is 444 g/mol. The van der Waals surface area contributed by atoms with Crippen molar-refractivity contribution < 1.29 is 4.79 Å². The molecule has 2 aromatic heterocycles. The summed E-state index contributed by atoms with van der Waals surface area (Å²) in [6.07, 6.45) is 1.74. The fourth-order valence-electron chi connectivity index (χ4n) is 2.79. The van der Waals surface area contributed by atoms with Crippen LogP contribution in [0.3, 0.4) is 0 Å². The summed E-state index contributed by atoms with van der Waals surface area (Å²) in [6, 6.07) is 18.0. The number of H-pyrrole nitrogens is 1. The number of rotatable bonds is 4. The highest BCUT2D eigenvalue weighted by molar-refractivity contribution is 6.35. The van der Waals surface area contributed by atoms with Crippen molar-refractivity contribution in [1.29, 1.82) is 0 Å². The molecule has 0 aliphatic rings. The molecule has 0 aliphatic carbocycles. The topological polar surface area (TPSA) is 70.7 Å². The highest BCUT2D eigenvalue weighted by Gasteiger charge is 2.15. The molecule has 1 amide bonds. The van der Waals surface area contributed by atoms with E-state index in [1.807, 2.05) is 30.3 Å². The number of amides is 1. The van der Waals surface area contributed by atoms with Crippen LogP contribution >= 0.6 is 34.8 Å². The minimum absolute atomic E-state index is 0.0303. The zero-order chi connectivity index (χ0) is 20.4. The maximum absolute atomic E-state index is 12.5. The molecular weight excluding hydrogens is 431 g/mol. The first-order valence-electron chi connectivity index (χ1n) is 8.55. The first kappa shape index (κ1) is 19.5. The average Bonchev–Trinajstić information content (AvgIpc) is 3.20. The van der Waals surface area contributed by atoms with Crippen molar-refractivity contribution in [1.82, 2.24) is 15.0 Å². The van der Waals surface area contributed by atoms with Gasteiger partial charge in [-0.3, -0.25) is 4.79 Å². The number of nitrogens with one attached hydrogen (secondary N) is 2. The second kappa shape index (κ2) is 8.25. The molecule has 0 bridgehead atoms. The normalized spacial score (nSPS) is 10.7. The van der Waals surface area contributed by atoms with Gasteiger partial charge < -0.3 is 10.3 Å². The Morgan fingerprint density at radius 1 is 0.966 bits per heavy atom. The second-order valence-corrected chi connectivity index (χ2v) is 7.29. The van der Waals surface area contributed by atoms with Crippen LogP contribution in [0.25, 0.3) is 22.6 Å². The minimum Gasteiger partial charge on any atom is -0.338 e. The summed E-state index contributed by atoms with van der Waals surface area (Å²) in [5, 5.41) is 3.54. The number of carbonyl (C=O) groups is 1. The fourth-order valence-corrected chi connectivity index (χ4v) is 3.42. The standard InChI is InChI=1S/C21H13Cl3N4O/c22-16-8-6-13(26-21(29)14-7-9-18(23)28-19(14)24)10-15(16)20-25-11-17(27-20)12-4-2-1-3-5-12/h1-11H,(H,25,27)(H,26,29). The van der Waals surface area contributed by atoms with Gasteiger partial charge in [-0.15, -0.1) is 0 Å². The Hall–Kier alpha value is -2.86. The van der Waals surface area contributed by atoms with Crippen LogP contribution in [0.4, 0.5) is 5.69 Å². The van der Waals surface area contributed by atoms with E-state index in [2.05, 4.69) is 20.3 Å². The van der Waals surface area contributed by atoms with E-state index in [0.29, 0.717) is 22.1 Å². The third-order valence-electron chi connectivity index (χ3n) is 4.20. The molecule has 0 fully saturated rings. The summed E-state index contributed by atoms with van der Waals surface area (Å²) in [5.74, 6) is 0.188. The quantitative estimate of drug-likeness (QED) is 0.361. The smallest absolute Gasteiger partial charge is 0.258 e. The lowest BCUT2D eigenvalue weighted by Crippen LogP contribution is -2.13. The Morgan fingerprint density at radius 3 is 2.52 bits per heavy atom. The van der Waals surface area contributed by atoms with E-state index in [1.165, 1.54) is 12.1 Å². The number of benzene rings is 2. The Morgan fingerprint density at radius 2 is 1.76 bits per heavy atom. The van der Waals surface area contributed by atoms with Crippen molar-refractivity contribution in [2.45, 2.75) is 0 Å². The number of nitrogens with zero attached hydrogens (tertiary/aromatic N) is 2. The number of aromatic amines is 1. The Bertz CT molecular complexity index is 1190. The molecule has 0 spiro atoms. The molecule has 29 heavy (non-hydrogen) atoms. The molecule has 0 saturated carbocycles. The van der Waals surface area contributed by atoms with Crippen molar-refractivity contribution in [2.75, 3.05) is 5.32 Å². The van der Waals surface area contributed by atoms with Crippen LogP contribution in [0.15, 0.2) is 66.9 Å². The first-order valence-corrected chi connectivity index (χ1v) is 9.68. The molecule has 2 aromatic carbocycles. The van der Waals surface area contributed by atoms with Gasteiger partial charge in [-0.05, 0) is 35.9 Å². The first-order chi connectivity index (χ1) is 14.0.